The van der Waals surface area contributed by atoms with Crippen LogP contribution in [0.5, 0.6) is 5.75 Å². The highest BCUT2D eigenvalue weighted by molar-refractivity contribution is 5.96. The number of ether oxygens (including phenoxy) is 1. The first-order valence-electron chi connectivity index (χ1n) is 13.3. The van der Waals surface area contributed by atoms with E-state index in [-0.39, 0.29) is 35.3 Å². The number of nitrogens with one attached hydrogen (secondary N) is 3. The second-order valence-corrected chi connectivity index (χ2v) is 9.80. The van der Waals surface area contributed by atoms with E-state index in [0.717, 1.165) is 17.4 Å². The monoisotopic (exact) mass is 572 g/mol. The van der Waals surface area contributed by atoms with Gasteiger partial charge in [0.2, 0.25) is 5.91 Å². The molecule has 220 valence electrons. The lowest BCUT2D eigenvalue weighted by Crippen LogP contribution is -2.36. The molecule has 1 aromatic carbocycles. The predicted molar refractivity (Wildman–Crippen MR) is 145 cm³/mol. The molecule has 3 heterocycles. The first-order chi connectivity index (χ1) is 19.7. The van der Waals surface area contributed by atoms with Crippen molar-refractivity contribution in [3.8, 4) is 5.75 Å². The molecule has 2 amide bonds. The molecule has 0 bridgehead atoms. The van der Waals surface area contributed by atoms with Gasteiger partial charge in [0.1, 0.15) is 29.2 Å². The van der Waals surface area contributed by atoms with Crippen LogP contribution in [0.2, 0.25) is 0 Å². The lowest BCUT2D eigenvalue weighted by molar-refractivity contribution is -0.120. The van der Waals surface area contributed by atoms with Gasteiger partial charge in [-0.25, -0.2) is 9.59 Å². The van der Waals surface area contributed by atoms with Gasteiger partial charge in [-0.2, -0.15) is 0 Å². The van der Waals surface area contributed by atoms with E-state index in [0.29, 0.717) is 31.3 Å². The van der Waals surface area contributed by atoms with Gasteiger partial charge in [-0.3, -0.25) is 23.9 Å². The summed E-state index contributed by atoms with van der Waals surface area (Å²) in [6.45, 7) is 0.293. The molecular weight excluding hydrogens is 540 g/mol. The molecule has 14 nitrogen and oxygen atoms in total. The number of carbonyl (C=O) groups is 2. The third-order valence-corrected chi connectivity index (χ3v) is 6.76. The Balaban J connectivity index is 1.15. The van der Waals surface area contributed by atoms with Crippen LogP contribution in [-0.2, 0) is 16.0 Å². The molecule has 4 rings (SSSR count). The number of aliphatic hydroxyl groups excluding tert-OH is 2. The number of rotatable bonds is 12. The van der Waals surface area contributed by atoms with Gasteiger partial charge in [-0.1, -0.05) is 12.8 Å². The Bertz CT molecular complexity index is 1580. The summed E-state index contributed by atoms with van der Waals surface area (Å²) >= 11 is 0. The minimum atomic E-state index is -0.963. The van der Waals surface area contributed by atoms with Crippen molar-refractivity contribution < 1.29 is 34.1 Å². The molecule has 14 heteroatoms. The summed E-state index contributed by atoms with van der Waals surface area (Å²) in [5.74, 6) is -1.00. The number of fused-ring (bicyclic) bond motifs is 1. The zero-order valence-corrected chi connectivity index (χ0v) is 22.1. The Hall–Kier alpha value is -4.27. The number of aromatic amines is 1. The van der Waals surface area contributed by atoms with E-state index in [1.165, 1.54) is 24.4 Å². The summed E-state index contributed by atoms with van der Waals surface area (Å²) in [5, 5.41) is 34.6. The van der Waals surface area contributed by atoms with Crippen molar-refractivity contribution in [2.75, 3.05) is 19.7 Å². The molecule has 3 aromatic rings. The minimum Gasteiger partial charge on any atom is -0.508 e. The molecule has 0 spiro atoms. The van der Waals surface area contributed by atoms with E-state index in [1.54, 1.807) is 6.07 Å². The molecule has 2 aromatic heterocycles. The van der Waals surface area contributed by atoms with E-state index < -0.39 is 53.7 Å². The van der Waals surface area contributed by atoms with Gasteiger partial charge in [-0.05, 0) is 31.0 Å². The lowest BCUT2D eigenvalue weighted by Gasteiger charge is -2.15. The van der Waals surface area contributed by atoms with Gasteiger partial charge < -0.3 is 35.1 Å². The average molecular weight is 573 g/mol. The normalized spacial score (nSPS) is 18.4. The molecule has 0 aliphatic carbocycles. The van der Waals surface area contributed by atoms with Crippen LogP contribution >= 0.6 is 0 Å². The molecular formula is C27H32N4O10. The molecule has 1 aliphatic heterocycles. The Kier molecular flexibility index (Phi) is 9.70. The van der Waals surface area contributed by atoms with Gasteiger partial charge in [-0.15, -0.1) is 0 Å². The fraction of sp³-hybridized carbons (Fsp3) is 0.444. The number of aromatic nitrogens is 2. The number of aromatic hydroxyl groups is 1. The smallest absolute Gasteiger partial charge is 0.349 e. The number of H-pyrrole nitrogens is 1. The number of benzene rings is 1. The van der Waals surface area contributed by atoms with Gasteiger partial charge in [0.15, 0.2) is 0 Å². The molecule has 1 saturated heterocycles. The highest BCUT2D eigenvalue weighted by atomic mass is 16.5. The standard InChI is InChI=1S/C27H32N4O10/c32-14-21-19(34)12-23(40-21)31-13-16(24(36)30-27(31)39)10-22(35)28-7-3-1-2-4-8-29-25(37)18-9-15-5-6-17(33)11-20(15)41-26(18)38/h5-6,9,11,13,19,21,23,32-34H,1-4,7-8,10,12,14H2,(H,28,35)(H,29,37)(H,30,36,39)/t19-,21+,23+/m0/s1. The number of hydrogen-bond acceptors (Lipinski definition) is 10. The van der Waals surface area contributed by atoms with Crippen molar-refractivity contribution in [3.63, 3.8) is 0 Å². The number of nitrogens with zero attached hydrogens (tertiary/aromatic N) is 1. The van der Waals surface area contributed by atoms with Gasteiger partial charge in [0.05, 0.1) is 19.1 Å². The van der Waals surface area contributed by atoms with Crippen molar-refractivity contribution in [1.29, 1.82) is 0 Å². The Morgan fingerprint density at radius 3 is 2.49 bits per heavy atom. The third kappa shape index (κ3) is 7.48. The summed E-state index contributed by atoms with van der Waals surface area (Å²) in [6.07, 6.45) is 1.18. The maximum Gasteiger partial charge on any atom is 0.349 e. The van der Waals surface area contributed by atoms with Crippen molar-refractivity contribution >= 4 is 22.8 Å². The Morgan fingerprint density at radius 2 is 1.78 bits per heavy atom. The van der Waals surface area contributed by atoms with Crippen molar-refractivity contribution in [2.45, 2.75) is 57.0 Å². The first kappa shape index (κ1) is 29.7. The van der Waals surface area contributed by atoms with Gasteiger partial charge >= 0.3 is 11.3 Å². The van der Waals surface area contributed by atoms with Crippen molar-refractivity contribution in [1.82, 2.24) is 20.2 Å². The SMILES string of the molecule is O=C(Cc1cn([C@H]2C[C@H](O)[C@@H](CO)O2)c(=O)[nH]c1=O)NCCCCCCNC(=O)c1cc2ccc(O)cc2oc1=O. The topological polar surface area (TPSA) is 213 Å². The van der Waals surface area contributed by atoms with Crippen LogP contribution in [0.15, 0.2) is 49.3 Å². The summed E-state index contributed by atoms with van der Waals surface area (Å²) in [6, 6.07) is 5.69. The summed E-state index contributed by atoms with van der Waals surface area (Å²) < 4.78 is 11.7. The lowest BCUT2D eigenvalue weighted by atomic mass is 10.1. The quantitative estimate of drug-likeness (QED) is 0.122. The number of aliphatic hydroxyl groups is 2. The van der Waals surface area contributed by atoms with E-state index >= 15 is 0 Å². The van der Waals surface area contributed by atoms with E-state index in [4.69, 9.17) is 9.15 Å². The van der Waals surface area contributed by atoms with E-state index in [1.807, 2.05) is 0 Å². The second kappa shape index (κ2) is 13.4. The summed E-state index contributed by atoms with van der Waals surface area (Å²) in [5.41, 5.74) is -2.11. The molecule has 0 saturated carbocycles. The van der Waals surface area contributed by atoms with Crippen LogP contribution in [0.4, 0.5) is 0 Å². The molecule has 3 atom stereocenters. The largest absolute Gasteiger partial charge is 0.508 e. The Labute approximate surface area is 232 Å². The average Bonchev–Trinajstić information content (AvgIpc) is 3.31. The molecule has 6 N–H and O–H groups in total. The number of phenols is 1. The van der Waals surface area contributed by atoms with Gasteiger partial charge in [0, 0.05) is 42.7 Å². The van der Waals surface area contributed by atoms with Crippen molar-refractivity contribution in [3.05, 3.63) is 72.8 Å². The molecule has 1 fully saturated rings. The van der Waals surface area contributed by atoms with Gasteiger partial charge in [0.25, 0.3) is 11.5 Å². The first-order valence-corrected chi connectivity index (χ1v) is 13.3. The number of carbonyl (C=O) groups excluding carboxylic acids is 2. The second-order valence-electron chi connectivity index (χ2n) is 9.80. The molecule has 0 unspecified atom stereocenters. The van der Waals surface area contributed by atoms with Crippen LogP contribution in [-0.4, -0.2) is 68.6 Å². The maximum absolute atomic E-state index is 12.4. The fourth-order valence-corrected chi connectivity index (χ4v) is 4.54. The molecule has 0 radical (unpaired) electrons. The van der Waals surface area contributed by atoms with Crippen LogP contribution in [0.25, 0.3) is 11.0 Å². The van der Waals surface area contributed by atoms with Crippen LogP contribution in [0, 0.1) is 0 Å². The highest BCUT2D eigenvalue weighted by Crippen LogP contribution is 2.27. The third-order valence-electron chi connectivity index (χ3n) is 6.76. The van der Waals surface area contributed by atoms with Crippen LogP contribution in [0.3, 0.4) is 0 Å². The fourth-order valence-electron chi connectivity index (χ4n) is 4.54. The summed E-state index contributed by atoms with van der Waals surface area (Å²) in [7, 11) is 0. The molecule has 41 heavy (non-hydrogen) atoms. The van der Waals surface area contributed by atoms with E-state index in [9.17, 15) is 39.3 Å². The number of unbranched alkanes of at least 4 members (excludes halogenated alkanes) is 3. The Morgan fingerprint density at radius 1 is 1.05 bits per heavy atom. The van der Waals surface area contributed by atoms with Crippen molar-refractivity contribution in [2.24, 2.45) is 0 Å². The zero-order chi connectivity index (χ0) is 29.5. The highest BCUT2D eigenvalue weighted by Gasteiger charge is 2.35. The minimum absolute atomic E-state index is 0.0501. The summed E-state index contributed by atoms with van der Waals surface area (Å²) in [4.78, 5) is 63.4. The number of amides is 2. The van der Waals surface area contributed by atoms with Crippen LogP contribution < -0.4 is 27.5 Å². The van der Waals surface area contributed by atoms with E-state index in [2.05, 4.69) is 15.6 Å². The number of hydrogen-bond donors (Lipinski definition) is 6. The van der Waals surface area contributed by atoms with Crippen LogP contribution in [0.1, 0.15) is 54.3 Å². The maximum atomic E-state index is 12.4. The molecule has 1 aliphatic rings. The number of phenolic OH excluding ortho intramolecular Hbond substituents is 1. The zero-order valence-electron chi connectivity index (χ0n) is 22.1. The predicted octanol–water partition coefficient (Wildman–Crippen LogP) is -0.362.